The molecular formula is C31H40N4O5. The van der Waals surface area contributed by atoms with Crippen LogP contribution in [0.5, 0.6) is 11.5 Å². The third kappa shape index (κ3) is 5.99. The van der Waals surface area contributed by atoms with Crippen LogP contribution < -0.4 is 9.47 Å². The first-order valence-electron chi connectivity index (χ1n) is 14.0. The highest BCUT2D eigenvalue weighted by molar-refractivity contribution is 6.46. The van der Waals surface area contributed by atoms with Crippen molar-refractivity contribution in [3.8, 4) is 11.5 Å². The van der Waals surface area contributed by atoms with Gasteiger partial charge in [0.2, 0.25) is 0 Å². The van der Waals surface area contributed by atoms with Gasteiger partial charge in [0, 0.05) is 12.7 Å². The van der Waals surface area contributed by atoms with Gasteiger partial charge in [0.25, 0.3) is 11.7 Å². The van der Waals surface area contributed by atoms with Gasteiger partial charge in [0.1, 0.15) is 11.3 Å². The maximum atomic E-state index is 13.6. The molecule has 3 aromatic rings. The normalized spacial score (nSPS) is 16.9. The minimum atomic E-state index is -0.788. The fourth-order valence-electron chi connectivity index (χ4n) is 5.16. The minimum absolute atomic E-state index is 0.0441. The summed E-state index contributed by atoms with van der Waals surface area (Å²) in [5, 5.41) is 11.7. The molecule has 40 heavy (non-hydrogen) atoms. The molecule has 1 aromatic carbocycles. The van der Waals surface area contributed by atoms with Crippen molar-refractivity contribution in [2.75, 3.05) is 40.4 Å². The van der Waals surface area contributed by atoms with Crippen molar-refractivity contribution in [2.24, 2.45) is 0 Å². The number of carbonyl (C=O) groups excluding carboxylic acids is 2. The predicted molar refractivity (Wildman–Crippen MR) is 155 cm³/mol. The maximum Gasteiger partial charge on any atom is 0.295 e. The lowest BCUT2D eigenvalue weighted by Gasteiger charge is -2.26. The number of pyridine rings is 1. The summed E-state index contributed by atoms with van der Waals surface area (Å²) in [5.74, 6) is -0.428. The van der Waals surface area contributed by atoms with Crippen molar-refractivity contribution in [3.63, 3.8) is 0 Å². The number of imidazole rings is 1. The van der Waals surface area contributed by atoms with Crippen molar-refractivity contribution in [3.05, 3.63) is 65.1 Å². The number of benzene rings is 1. The van der Waals surface area contributed by atoms with Crippen LogP contribution in [0.4, 0.5) is 0 Å². The van der Waals surface area contributed by atoms with Gasteiger partial charge >= 0.3 is 0 Å². The Bertz CT molecular complexity index is 1390. The van der Waals surface area contributed by atoms with E-state index >= 15 is 0 Å². The number of ether oxygens (including phenoxy) is 2. The van der Waals surface area contributed by atoms with Crippen molar-refractivity contribution < 1.29 is 24.2 Å². The van der Waals surface area contributed by atoms with Gasteiger partial charge < -0.3 is 24.4 Å². The lowest BCUT2D eigenvalue weighted by molar-refractivity contribution is -0.139. The van der Waals surface area contributed by atoms with E-state index in [-0.39, 0.29) is 11.3 Å². The average molecular weight is 549 g/mol. The summed E-state index contributed by atoms with van der Waals surface area (Å²) in [7, 11) is 3.93. The second-order valence-corrected chi connectivity index (χ2v) is 10.3. The largest absolute Gasteiger partial charge is 0.505 e. The Kier molecular flexibility index (Phi) is 9.47. The molecule has 0 radical (unpaired) electrons. The van der Waals surface area contributed by atoms with Gasteiger partial charge in [0.05, 0.1) is 30.5 Å². The lowest BCUT2D eigenvalue weighted by atomic mass is 9.95. The second-order valence-electron chi connectivity index (χ2n) is 10.3. The second kappa shape index (κ2) is 13.0. The van der Waals surface area contributed by atoms with Gasteiger partial charge in [-0.1, -0.05) is 31.9 Å². The van der Waals surface area contributed by atoms with Crippen molar-refractivity contribution in [2.45, 2.75) is 52.5 Å². The van der Waals surface area contributed by atoms with E-state index in [2.05, 4.69) is 11.9 Å². The molecule has 1 unspecified atom stereocenters. The van der Waals surface area contributed by atoms with Crippen LogP contribution in [0.3, 0.4) is 0 Å². The number of rotatable bonds is 13. The molecule has 1 aliphatic rings. The van der Waals surface area contributed by atoms with Gasteiger partial charge in [-0.3, -0.25) is 14.0 Å². The minimum Gasteiger partial charge on any atom is -0.505 e. The number of nitrogens with zero attached hydrogens (tertiary/aromatic N) is 4. The van der Waals surface area contributed by atoms with Crippen molar-refractivity contribution >= 4 is 23.1 Å². The average Bonchev–Trinajstić information content (AvgIpc) is 3.39. The summed E-state index contributed by atoms with van der Waals surface area (Å²) in [6.07, 6.45) is 5.56. The maximum absolute atomic E-state index is 13.6. The molecule has 9 heteroatoms. The van der Waals surface area contributed by atoms with Gasteiger partial charge in [-0.05, 0) is 77.2 Å². The SMILES string of the molecule is CCCCCOc1ccc(C2C(=C(O)c3c(C)nc4ccccn34)C(=O)C(=O)N2CCCN(C)C)cc1OCC. The monoisotopic (exact) mass is 548 g/mol. The van der Waals surface area contributed by atoms with Crippen LogP contribution in [0.2, 0.25) is 0 Å². The fraction of sp³-hybridized carbons (Fsp3) is 0.452. The third-order valence-electron chi connectivity index (χ3n) is 7.06. The van der Waals surface area contributed by atoms with Crippen LogP contribution in [0.15, 0.2) is 48.2 Å². The van der Waals surface area contributed by atoms with Gasteiger partial charge in [-0.2, -0.15) is 0 Å². The molecule has 1 N–H and O–H groups in total. The first-order chi connectivity index (χ1) is 19.3. The van der Waals surface area contributed by atoms with E-state index < -0.39 is 17.7 Å². The van der Waals surface area contributed by atoms with E-state index in [0.717, 1.165) is 25.8 Å². The van der Waals surface area contributed by atoms with Crippen LogP contribution in [0.25, 0.3) is 11.4 Å². The number of hydrogen-bond acceptors (Lipinski definition) is 7. The molecule has 1 amide bonds. The molecule has 9 nitrogen and oxygen atoms in total. The molecule has 214 valence electrons. The van der Waals surface area contributed by atoms with E-state index in [9.17, 15) is 14.7 Å². The number of unbranched alkanes of at least 4 members (excludes halogenated alkanes) is 2. The quantitative estimate of drug-likeness (QED) is 0.139. The number of aryl methyl sites for hydroxylation is 1. The third-order valence-corrected chi connectivity index (χ3v) is 7.06. The zero-order chi connectivity index (χ0) is 28.8. The Morgan fingerprint density at radius 3 is 2.58 bits per heavy atom. The molecule has 1 aliphatic heterocycles. The Morgan fingerprint density at radius 2 is 1.85 bits per heavy atom. The highest BCUT2D eigenvalue weighted by Crippen LogP contribution is 2.42. The molecule has 0 aliphatic carbocycles. The predicted octanol–water partition coefficient (Wildman–Crippen LogP) is 4.98. The summed E-state index contributed by atoms with van der Waals surface area (Å²) in [4.78, 5) is 35.1. The van der Waals surface area contributed by atoms with Crippen LogP contribution in [-0.2, 0) is 9.59 Å². The summed E-state index contributed by atoms with van der Waals surface area (Å²) >= 11 is 0. The number of Topliss-reactive ketones (excluding diaryl/α,β-unsaturated/α-hetero) is 1. The fourth-order valence-corrected chi connectivity index (χ4v) is 5.16. The zero-order valence-corrected chi connectivity index (χ0v) is 24.1. The van der Waals surface area contributed by atoms with E-state index in [1.54, 1.807) is 22.4 Å². The number of aromatic nitrogens is 2. The standard InChI is InChI=1S/C31H40N4O5/c1-6-8-11-19-40-23-15-14-22(20-24(23)39-7-2)28-26(30(37)31(38)35(28)18-12-16-33(4)5)29(36)27-21(3)32-25-13-9-10-17-34(25)27/h9-10,13-15,17,20,28,36H,6-8,11-12,16,18-19H2,1-5H3. The van der Waals surface area contributed by atoms with Gasteiger partial charge in [-0.15, -0.1) is 0 Å². The molecule has 0 bridgehead atoms. The summed E-state index contributed by atoms with van der Waals surface area (Å²) in [5.41, 5.74) is 2.31. The van der Waals surface area contributed by atoms with E-state index in [1.807, 2.05) is 62.3 Å². The number of aliphatic hydroxyl groups excluding tert-OH is 1. The topological polar surface area (TPSA) is 96.6 Å². The first kappa shape index (κ1) is 29.1. The molecular weight excluding hydrogens is 508 g/mol. The highest BCUT2D eigenvalue weighted by atomic mass is 16.5. The Hall–Kier alpha value is -3.85. The number of ketones is 1. The molecule has 1 saturated heterocycles. The first-order valence-corrected chi connectivity index (χ1v) is 14.0. The number of fused-ring (bicyclic) bond motifs is 1. The molecule has 1 fully saturated rings. The number of carbonyl (C=O) groups is 2. The smallest absolute Gasteiger partial charge is 0.295 e. The van der Waals surface area contributed by atoms with Crippen LogP contribution in [0, 0.1) is 6.92 Å². The summed E-state index contributed by atoms with van der Waals surface area (Å²) in [6, 6.07) is 10.2. The Morgan fingerprint density at radius 1 is 1.05 bits per heavy atom. The lowest BCUT2D eigenvalue weighted by Crippen LogP contribution is -2.32. The Labute approximate surface area is 236 Å². The summed E-state index contributed by atoms with van der Waals surface area (Å²) < 4.78 is 13.7. The molecule has 4 rings (SSSR count). The Balaban J connectivity index is 1.83. The van der Waals surface area contributed by atoms with E-state index in [4.69, 9.17) is 9.47 Å². The zero-order valence-electron chi connectivity index (χ0n) is 24.1. The number of aliphatic hydroxyl groups is 1. The van der Waals surface area contributed by atoms with Crippen molar-refractivity contribution in [1.82, 2.24) is 19.2 Å². The molecule has 3 heterocycles. The van der Waals surface area contributed by atoms with Crippen LogP contribution in [0.1, 0.15) is 62.5 Å². The molecule has 0 saturated carbocycles. The van der Waals surface area contributed by atoms with Gasteiger partial charge in [-0.25, -0.2) is 4.98 Å². The van der Waals surface area contributed by atoms with Crippen molar-refractivity contribution in [1.29, 1.82) is 0 Å². The van der Waals surface area contributed by atoms with Gasteiger partial charge in [0.15, 0.2) is 17.3 Å². The highest BCUT2D eigenvalue weighted by Gasteiger charge is 2.46. The van der Waals surface area contributed by atoms with Crippen LogP contribution in [-0.4, -0.2) is 76.4 Å². The molecule has 2 aromatic heterocycles. The van der Waals surface area contributed by atoms with E-state index in [0.29, 0.717) is 60.3 Å². The molecule has 0 spiro atoms. The molecule has 1 atom stereocenters. The summed E-state index contributed by atoms with van der Waals surface area (Å²) in [6.45, 7) is 7.93. The number of likely N-dealkylation sites (tertiary alicyclic amines) is 1. The number of amides is 1. The van der Waals surface area contributed by atoms with E-state index in [1.165, 1.54) is 0 Å². The number of hydrogen-bond donors (Lipinski definition) is 1. The van der Waals surface area contributed by atoms with Crippen LogP contribution >= 0.6 is 0 Å².